The van der Waals surface area contributed by atoms with Crippen LogP contribution in [-0.2, 0) is 13.0 Å². The van der Waals surface area contributed by atoms with E-state index in [0.29, 0.717) is 0 Å². The largest absolute Gasteiger partial charge is 0.269 e. The predicted molar refractivity (Wildman–Crippen MR) is 53.7 cm³/mol. The van der Waals surface area contributed by atoms with Crippen molar-refractivity contribution in [2.45, 2.75) is 19.4 Å². The molecule has 0 N–H and O–H groups in total. The maximum atomic E-state index is 12.7. The topological polar surface area (TPSA) is 30.7 Å². The summed E-state index contributed by atoms with van der Waals surface area (Å²) in [5.74, 6) is -0.314. The van der Waals surface area contributed by atoms with Gasteiger partial charge in [-0.25, -0.2) is 4.39 Å². The summed E-state index contributed by atoms with van der Waals surface area (Å²) < 4.78 is 14.7. The Morgan fingerprint density at radius 2 is 2.20 bits per heavy atom. The van der Waals surface area contributed by atoms with Gasteiger partial charge in [-0.05, 0) is 31.0 Å². The highest BCUT2D eigenvalue weighted by atomic mass is 19.1. The van der Waals surface area contributed by atoms with Gasteiger partial charge >= 0.3 is 0 Å². The number of halogens is 1. The summed E-state index contributed by atoms with van der Waals surface area (Å²) >= 11 is 0. The lowest BCUT2D eigenvalue weighted by Crippen LogP contribution is -1.94. The van der Waals surface area contributed by atoms with E-state index in [2.05, 4.69) is 10.1 Å². The maximum absolute atomic E-state index is 12.7. The van der Waals surface area contributed by atoms with Crippen LogP contribution in [0.15, 0.2) is 24.4 Å². The van der Waals surface area contributed by atoms with E-state index in [-0.39, 0.29) is 5.82 Å². The molecule has 0 aliphatic carbocycles. The quantitative estimate of drug-likeness (QED) is 0.710. The molecule has 15 heavy (non-hydrogen) atoms. The first-order valence-corrected chi connectivity index (χ1v) is 5.01. The normalized spacial score (nSPS) is 14.2. The molecular weight excluding hydrogens is 193 g/mol. The van der Waals surface area contributed by atoms with Crippen molar-refractivity contribution in [2.75, 3.05) is 0 Å². The summed E-state index contributed by atoms with van der Waals surface area (Å²) in [6, 6.07) is 5.10. The molecule has 2 aromatic rings. The Morgan fingerprint density at radius 3 is 2.93 bits per heavy atom. The van der Waals surface area contributed by atoms with Gasteiger partial charge in [0.1, 0.15) is 11.5 Å². The Morgan fingerprint density at radius 1 is 1.27 bits per heavy atom. The predicted octanol–water partition coefficient (Wildman–Crippen LogP) is 2.03. The van der Waals surface area contributed by atoms with Gasteiger partial charge in [0.15, 0.2) is 0 Å². The van der Waals surface area contributed by atoms with Crippen LogP contribution in [0.1, 0.15) is 12.1 Å². The summed E-state index contributed by atoms with van der Waals surface area (Å²) in [5.41, 5.74) is 2.82. The van der Waals surface area contributed by atoms with Gasteiger partial charge in [-0.15, -0.1) is 0 Å². The van der Waals surface area contributed by atoms with Crippen LogP contribution in [0.5, 0.6) is 0 Å². The average Bonchev–Trinajstić information content (AvgIpc) is 2.78. The molecule has 0 fully saturated rings. The van der Waals surface area contributed by atoms with E-state index in [4.69, 9.17) is 0 Å². The summed E-state index contributed by atoms with van der Waals surface area (Å²) in [4.78, 5) is 4.01. The number of fused-ring (bicyclic) bond motifs is 1. The highest BCUT2D eigenvalue weighted by Crippen LogP contribution is 2.21. The minimum absolute atomic E-state index is 0.314. The van der Waals surface area contributed by atoms with Crippen LogP contribution in [0.2, 0.25) is 0 Å². The zero-order valence-corrected chi connectivity index (χ0v) is 8.15. The Bertz CT molecular complexity index is 466. The molecule has 0 bridgehead atoms. The fourth-order valence-corrected chi connectivity index (χ4v) is 1.91. The molecule has 0 saturated carbocycles. The van der Waals surface area contributed by atoms with Crippen LogP contribution in [0.4, 0.5) is 4.39 Å². The molecule has 3 heterocycles. The molecule has 0 unspecified atom stereocenters. The van der Waals surface area contributed by atoms with Gasteiger partial charge in [0.05, 0.1) is 11.9 Å². The first-order chi connectivity index (χ1) is 7.33. The van der Waals surface area contributed by atoms with Crippen LogP contribution < -0.4 is 0 Å². The van der Waals surface area contributed by atoms with Crippen molar-refractivity contribution in [1.82, 2.24) is 14.8 Å². The third kappa shape index (κ3) is 1.42. The fraction of sp³-hybridized carbons (Fsp3) is 0.273. The molecule has 0 radical (unpaired) electrons. The minimum atomic E-state index is -0.314. The number of aryl methyl sites for hydroxylation is 2. The van der Waals surface area contributed by atoms with Gasteiger partial charge in [-0.3, -0.25) is 9.67 Å². The number of aromatic nitrogens is 3. The molecule has 0 amide bonds. The molecule has 3 nitrogen and oxygen atoms in total. The Kier molecular flexibility index (Phi) is 1.80. The zero-order chi connectivity index (χ0) is 10.3. The van der Waals surface area contributed by atoms with Gasteiger partial charge in [0, 0.05) is 12.2 Å². The van der Waals surface area contributed by atoms with Crippen LogP contribution in [-0.4, -0.2) is 14.8 Å². The summed E-state index contributed by atoms with van der Waals surface area (Å²) in [5, 5.41) is 4.42. The molecule has 0 saturated heterocycles. The molecule has 0 aromatic carbocycles. The van der Waals surface area contributed by atoms with Crippen molar-refractivity contribution in [1.29, 1.82) is 0 Å². The molecule has 3 rings (SSSR count). The molecule has 4 heteroatoms. The Labute approximate surface area is 86.6 Å². The second-order valence-corrected chi connectivity index (χ2v) is 3.71. The molecule has 0 atom stereocenters. The SMILES string of the molecule is Fc1ccc(-c2cc3n(n2)CCC3)nc1. The van der Waals surface area contributed by atoms with E-state index < -0.39 is 0 Å². The monoisotopic (exact) mass is 203 g/mol. The maximum Gasteiger partial charge on any atom is 0.141 e. The number of hydrogen-bond donors (Lipinski definition) is 0. The van der Waals surface area contributed by atoms with Crippen LogP contribution >= 0.6 is 0 Å². The fourth-order valence-electron chi connectivity index (χ4n) is 1.91. The first kappa shape index (κ1) is 8.59. The standard InChI is InChI=1S/C11H10FN3/c12-8-3-4-10(13-7-8)11-6-9-2-1-5-15(9)14-11/h3-4,6-7H,1-2,5H2. The highest BCUT2D eigenvalue weighted by molar-refractivity contribution is 5.54. The lowest BCUT2D eigenvalue weighted by atomic mass is 10.2. The van der Waals surface area contributed by atoms with E-state index in [9.17, 15) is 4.39 Å². The third-order valence-corrected chi connectivity index (χ3v) is 2.66. The second-order valence-electron chi connectivity index (χ2n) is 3.71. The molecular formula is C11H10FN3. The van der Waals surface area contributed by atoms with Crippen LogP contribution in [0.25, 0.3) is 11.4 Å². The summed E-state index contributed by atoms with van der Waals surface area (Å²) in [6.45, 7) is 0.983. The van der Waals surface area contributed by atoms with E-state index in [0.717, 1.165) is 24.4 Å². The molecule has 1 aliphatic rings. The molecule has 0 spiro atoms. The van der Waals surface area contributed by atoms with E-state index in [1.165, 1.54) is 24.4 Å². The van der Waals surface area contributed by atoms with Crippen molar-refractivity contribution < 1.29 is 4.39 Å². The third-order valence-electron chi connectivity index (χ3n) is 2.66. The molecule has 2 aromatic heterocycles. The van der Waals surface area contributed by atoms with Gasteiger partial charge in [-0.2, -0.15) is 5.10 Å². The van der Waals surface area contributed by atoms with Crippen molar-refractivity contribution in [3.05, 3.63) is 35.9 Å². The van der Waals surface area contributed by atoms with Crippen LogP contribution in [0, 0.1) is 5.82 Å². The highest BCUT2D eigenvalue weighted by Gasteiger charge is 2.14. The summed E-state index contributed by atoms with van der Waals surface area (Å²) in [7, 11) is 0. The van der Waals surface area contributed by atoms with Crippen LogP contribution in [0.3, 0.4) is 0 Å². The zero-order valence-electron chi connectivity index (χ0n) is 8.15. The van der Waals surface area contributed by atoms with E-state index >= 15 is 0 Å². The van der Waals surface area contributed by atoms with E-state index in [1.54, 1.807) is 6.07 Å². The van der Waals surface area contributed by atoms with Crippen molar-refractivity contribution >= 4 is 0 Å². The van der Waals surface area contributed by atoms with Gasteiger partial charge in [0.2, 0.25) is 0 Å². The average molecular weight is 203 g/mol. The van der Waals surface area contributed by atoms with Crippen molar-refractivity contribution in [2.24, 2.45) is 0 Å². The Balaban J connectivity index is 2.02. The van der Waals surface area contributed by atoms with Gasteiger partial charge in [0.25, 0.3) is 0 Å². The number of hydrogen-bond acceptors (Lipinski definition) is 2. The lowest BCUT2D eigenvalue weighted by molar-refractivity contribution is 0.621. The van der Waals surface area contributed by atoms with Gasteiger partial charge in [-0.1, -0.05) is 0 Å². The minimum Gasteiger partial charge on any atom is -0.269 e. The number of rotatable bonds is 1. The Hall–Kier alpha value is -1.71. The number of pyridine rings is 1. The van der Waals surface area contributed by atoms with Gasteiger partial charge < -0.3 is 0 Å². The second kappa shape index (κ2) is 3.15. The van der Waals surface area contributed by atoms with Crippen molar-refractivity contribution in [3.63, 3.8) is 0 Å². The molecule has 76 valence electrons. The summed E-state index contributed by atoms with van der Waals surface area (Å²) in [6.07, 6.45) is 3.47. The van der Waals surface area contributed by atoms with E-state index in [1.807, 2.05) is 10.7 Å². The first-order valence-electron chi connectivity index (χ1n) is 5.01. The molecule has 1 aliphatic heterocycles. The lowest BCUT2D eigenvalue weighted by Gasteiger charge is -1.95. The smallest absolute Gasteiger partial charge is 0.141 e. The van der Waals surface area contributed by atoms with Crippen molar-refractivity contribution in [3.8, 4) is 11.4 Å². The number of nitrogens with zero attached hydrogens (tertiary/aromatic N) is 3.